The van der Waals surface area contributed by atoms with Crippen molar-refractivity contribution in [2.24, 2.45) is 5.73 Å². The van der Waals surface area contributed by atoms with E-state index in [0.29, 0.717) is 12.6 Å². The minimum atomic E-state index is 0.357. The quantitative estimate of drug-likeness (QED) is 0.749. The van der Waals surface area contributed by atoms with E-state index in [2.05, 4.69) is 18.3 Å². The Labute approximate surface area is 103 Å². The third kappa shape index (κ3) is 4.24. The van der Waals surface area contributed by atoms with E-state index < -0.39 is 0 Å². The zero-order valence-electron chi connectivity index (χ0n) is 10.8. The zero-order valence-corrected chi connectivity index (χ0v) is 10.8. The number of hydrogen-bond donors (Lipinski definition) is 2. The fourth-order valence-electron chi connectivity index (χ4n) is 1.58. The van der Waals surface area contributed by atoms with Gasteiger partial charge in [-0.2, -0.15) is 0 Å². The second-order valence-electron chi connectivity index (χ2n) is 4.03. The third-order valence-corrected chi connectivity index (χ3v) is 2.71. The molecule has 0 radical (unpaired) electrons. The maximum absolute atomic E-state index is 5.54. The molecule has 4 heteroatoms. The molecule has 4 nitrogen and oxygen atoms in total. The van der Waals surface area contributed by atoms with Crippen molar-refractivity contribution >= 4 is 0 Å². The second kappa shape index (κ2) is 7.14. The van der Waals surface area contributed by atoms with E-state index in [0.717, 1.165) is 24.5 Å². The average molecular weight is 238 g/mol. The monoisotopic (exact) mass is 238 g/mol. The molecule has 96 valence electrons. The van der Waals surface area contributed by atoms with Crippen LogP contribution < -0.4 is 20.5 Å². The summed E-state index contributed by atoms with van der Waals surface area (Å²) < 4.78 is 10.5. The minimum absolute atomic E-state index is 0.357. The van der Waals surface area contributed by atoms with Crippen LogP contribution in [0.3, 0.4) is 0 Å². The van der Waals surface area contributed by atoms with Crippen LogP contribution in [-0.4, -0.2) is 33.4 Å². The Balaban J connectivity index is 2.54. The summed E-state index contributed by atoms with van der Waals surface area (Å²) in [7, 11) is 3.29. The van der Waals surface area contributed by atoms with E-state index in [1.54, 1.807) is 14.2 Å². The summed E-state index contributed by atoms with van der Waals surface area (Å²) in [6, 6.07) is 6.35. The molecule has 0 saturated heterocycles. The molecule has 17 heavy (non-hydrogen) atoms. The predicted molar refractivity (Wildman–Crippen MR) is 69.8 cm³/mol. The van der Waals surface area contributed by atoms with Gasteiger partial charge in [-0.25, -0.2) is 0 Å². The first-order chi connectivity index (χ1) is 8.21. The number of nitrogens with one attached hydrogen (secondary N) is 1. The van der Waals surface area contributed by atoms with E-state index in [1.807, 2.05) is 12.1 Å². The van der Waals surface area contributed by atoms with Gasteiger partial charge >= 0.3 is 0 Å². The van der Waals surface area contributed by atoms with Crippen LogP contribution in [0, 0.1) is 0 Å². The van der Waals surface area contributed by atoms with Gasteiger partial charge in [0, 0.05) is 12.6 Å². The van der Waals surface area contributed by atoms with Crippen molar-refractivity contribution < 1.29 is 9.47 Å². The molecule has 0 saturated carbocycles. The van der Waals surface area contributed by atoms with E-state index in [-0.39, 0.29) is 0 Å². The van der Waals surface area contributed by atoms with Crippen LogP contribution >= 0.6 is 0 Å². The Bertz CT molecular complexity index is 342. The topological polar surface area (TPSA) is 56.5 Å². The van der Waals surface area contributed by atoms with Crippen LogP contribution in [0.25, 0.3) is 0 Å². The molecule has 0 bridgehead atoms. The van der Waals surface area contributed by atoms with Gasteiger partial charge in [-0.1, -0.05) is 6.07 Å². The maximum Gasteiger partial charge on any atom is 0.160 e. The summed E-state index contributed by atoms with van der Waals surface area (Å²) in [5.74, 6) is 1.54. The Kier molecular flexibility index (Phi) is 5.80. The van der Waals surface area contributed by atoms with Gasteiger partial charge in [-0.05, 0) is 37.6 Å². The maximum atomic E-state index is 5.54. The van der Waals surface area contributed by atoms with Crippen molar-refractivity contribution in [2.45, 2.75) is 19.4 Å². The fourth-order valence-corrected chi connectivity index (χ4v) is 1.58. The molecule has 0 fully saturated rings. The molecule has 1 rings (SSSR count). The standard InChI is InChI=1S/C13H22N2O2/c1-10(9-14)15-7-6-11-4-5-12(16-2)13(8-11)17-3/h4-5,8,10,15H,6-7,9,14H2,1-3H3. The summed E-state index contributed by atoms with van der Waals surface area (Å²) in [4.78, 5) is 0. The molecule has 0 aromatic heterocycles. The first-order valence-electron chi connectivity index (χ1n) is 5.85. The van der Waals surface area contributed by atoms with Crippen molar-refractivity contribution in [1.82, 2.24) is 5.32 Å². The second-order valence-corrected chi connectivity index (χ2v) is 4.03. The number of ether oxygens (including phenoxy) is 2. The Morgan fingerprint density at radius 3 is 2.53 bits per heavy atom. The smallest absolute Gasteiger partial charge is 0.160 e. The summed E-state index contributed by atoms with van der Waals surface area (Å²) in [5, 5.41) is 3.35. The van der Waals surface area contributed by atoms with Crippen LogP contribution in [-0.2, 0) is 6.42 Å². The van der Waals surface area contributed by atoms with Gasteiger partial charge in [0.05, 0.1) is 14.2 Å². The molecule has 0 aliphatic rings. The molecule has 0 spiro atoms. The number of benzene rings is 1. The van der Waals surface area contributed by atoms with Crippen LogP contribution in [0.2, 0.25) is 0 Å². The van der Waals surface area contributed by atoms with E-state index in [1.165, 1.54) is 5.56 Å². The van der Waals surface area contributed by atoms with Crippen molar-refractivity contribution in [2.75, 3.05) is 27.3 Å². The lowest BCUT2D eigenvalue weighted by Gasteiger charge is -2.12. The molecule has 0 heterocycles. The minimum Gasteiger partial charge on any atom is -0.493 e. The lowest BCUT2D eigenvalue weighted by atomic mass is 10.1. The van der Waals surface area contributed by atoms with Crippen LogP contribution in [0.4, 0.5) is 0 Å². The van der Waals surface area contributed by atoms with Gasteiger partial charge < -0.3 is 20.5 Å². The van der Waals surface area contributed by atoms with Gasteiger partial charge in [0.15, 0.2) is 11.5 Å². The summed E-state index contributed by atoms with van der Waals surface area (Å²) in [6.45, 7) is 3.65. The van der Waals surface area contributed by atoms with Crippen LogP contribution in [0.15, 0.2) is 18.2 Å². The van der Waals surface area contributed by atoms with Crippen molar-refractivity contribution in [3.8, 4) is 11.5 Å². The first kappa shape index (κ1) is 13.8. The SMILES string of the molecule is COc1ccc(CCNC(C)CN)cc1OC. The highest BCUT2D eigenvalue weighted by Gasteiger charge is 2.04. The van der Waals surface area contributed by atoms with Crippen LogP contribution in [0.1, 0.15) is 12.5 Å². The number of hydrogen-bond acceptors (Lipinski definition) is 4. The molecule has 1 aromatic carbocycles. The molecule has 0 aliphatic heterocycles. The van der Waals surface area contributed by atoms with Crippen molar-refractivity contribution in [3.05, 3.63) is 23.8 Å². The molecule has 1 atom stereocenters. The Morgan fingerprint density at radius 1 is 1.24 bits per heavy atom. The van der Waals surface area contributed by atoms with E-state index >= 15 is 0 Å². The van der Waals surface area contributed by atoms with Crippen molar-refractivity contribution in [3.63, 3.8) is 0 Å². The van der Waals surface area contributed by atoms with Crippen molar-refractivity contribution in [1.29, 1.82) is 0 Å². The van der Waals surface area contributed by atoms with E-state index in [9.17, 15) is 0 Å². The lowest BCUT2D eigenvalue weighted by Crippen LogP contribution is -2.34. The molecule has 1 unspecified atom stereocenters. The molecular formula is C13H22N2O2. The normalized spacial score (nSPS) is 12.2. The van der Waals surface area contributed by atoms with Gasteiger partial charge in [0.25, 0.3) is 0 Å². The number of rotatable bonds is 7. The summed E-state index contributed by atoms with van der Waals surface area (Å²) >= 11 is 0. The number of nitrogens with two attached hydrogens (primary N) is 1. The summed E-state index contributed by atoms with van der Waals surface area (Å²) in [5.41, 5.74) is 6.76. The first-order valence-corrected chi connectivity index (χ1v) is 5.85. The highest BCUT2D eigenvalue weighted by molar-refractivity contribution is 5.42. The largest absolute Gasteiger partial charge is 0.493 e. The highest BCUT2D eigenvalue weighted by atomic mass is 16.5. The molecule has 1 aromatic rings. The molecule has 3 N–H and O–H groups in total. The lowest BCUT2D eigenvalue weighted by molar-refractivity contribution is 0.354. The van der Waals surface area contributed by atoms with Crippen LogP contribution in [0.5, 0.6) is 11.5 Å². The number of methoxy groups -OCH3 is 2. The predicted octanol–water partition coefficient (Wildman–Crippen LogP) is 1.18. The highest BCUT2D eigenvalue weighted by Crippen LogP contribution is 2.27. The Hall–Kier alpha value is -1.26. The van der Waals surface area contributed by atoms with Gasteiger partial charge in [-0.15, -0.1) is 0 Å². The third-order valence-electron chi connectivity index (χ3n) is 2.71. The van der Waals surface area contributed by atoms with Gasteiger partial charge in [0.2, 0.25) is 0 Å². The fraction of sp³-hybridized carbons (Fsp3) is 0.538. The molecule has 0 amide bonds. The van der Waals surface area contributed by atoms with E-state index in [4.69, 9.17) is 15.2 Å². The molecule has 0 aliphatic carbocycles. The Morgan fingerprint density at radius 2 is 1.94 bits per heavy atom. The summed E-state index contributed by atoms with van der Waals surface area (Å²) in [6.07, 6.45) is 0.949. The van der Waals surface area contributed by atoms with Gasteiger partial charge in [-0.3, -0.25) is 0 Å². The molecular weight excluding hydrogens is 216 g/mol. The average Bonchev–Trinajstić information content (AvgIpc) is 2.38. The van der Waals surface area contributed by atoms with Gasteiger partial charge in [0.1, 0.15) is 0 Å². The zero-order chi connectivity index (χ0) is 12.7.